The van der Waals surface area contributed by atoms with Gasteiger partial charge in [-0.2, -0.15) is 0 Å². The molecule has 0 spiro atoms. The van der Waals surface area contributed by atoms with Crippen molar-refractivity contribution in [1.29, 1.82) is 0 Å². The molecule has 0 aliphatic rings. The second-order valence-electron chi connectivity index (χ2n) is 4.28. The molecular weight excluding hydrogens is 288 g/mol. The lowest BCUT2D eigenvalue weighted by molar-refractivity contribution is -0.119. The Morgan fingerprint density at radius 3 is 2.57 bits per heavy atom. The SMILES string of the molecule is COC(=O)c1ccc(NCC(=O)NCc2cccs2)cc1. The van der Waals surface area contributed by atoms with E-state index in [4.69, 9.17) is 0 Å². The van der Waals surface area contributed by atoms with E-state index in [9.17, 15) is 9.59 Å². The number of ether oxygens (including phenoxy) is 1. The summed E-state index contributed by atoms with van der Waals surface area (Å²) in [6.07, 6.45) is 0. The molecule has 0 radical (unpaired) electrons. The van der Waals surface area contributed by atoms with Crippen molar-refractivity contribution < 1.29 is 14.3 Å². The van der Waals surface area contributed by atoms with Gasteiger partial charge in [0.2, 0.25) is 5.91 Å². The van der Waals surface area contributed by atoms with Crippen LogP contribution in [0.2, 0.25) is 0 Å². The molecule has 0 aliphatic carbocycles. The molecule has 0 fully saturated rings. The zero-order valence-electron chi connectivity index (χ0n) is 11.6. The van der Waals surface area contributed by atoms with E-state index in [1.165, 1.54) is 7.11 Å². The number of thiophene rings is 1. The van der Waals surface area contributed by atoms with Crippen molar-refractivity contribution in [2.45, 2.75) is 6.54 Å². The van der Waals surface area contributed by atoms with Crippen LogP contribution >= 0.6 is 11.3 Å². The van der Waals surface area contributed by atoms with Gasteiger partial charge in [-0.05, 0) is 35.7 Å². The number of rotatable bonds is 6. The van der Waals surface area contributed by atoms with Gasteiger partial charge in [-0.3, -0.25) is 4.79 Å². The van der Waals surface area contributed by atoms with Gasteiger partial charge in [0.15, 0.2) is 0 Å². The Kier molecular flexibility index (Phi) is 5.34. The van der Waals surface area contributed by atoms with E-state index < -0.39 is 0 Å². The Balaban J connectivity index is 1.77. The maximum Gasteiger partial charge on any atom is 0.337 e. The fourth-order valence-electron chi connectivity index (χ4n) is 1.69. The van der Waals surface area contributed by atoms with Crippen molar-refractivity contribution in [1.82, 2.24) is 5.32 Å². The molecule has 0 aliphatic heterocycles. The smallest absolute Gasteiger partial charge is 0.337 e. The van der Waals surface area contributed by atoms with E-state index in [1.807, 2.05) is 17.5 Å². The molecule has 1 amide bonds. The maximum atomic E-state index is 11.7. The van der Waals surface area contributed by atoms with Gasteiger partial charge in [-0.25, -0.2) is 4.79 Å². The predicted molar refractivity (Wildman–Crippen MR) is 82.4 cm³/mol. The zero-order valence-corrected chi connectivity index (χ0v) is 12.4. The lowest BCUT2D eigenvalue weighted by Crippen LogP contribution is -2.29. The van der Waals surface area contributed by atoms with Gasteiger partial charge in [0.25, 0.3) is 0 Å². The van der Waals surface area contributed by atoms with Crippen LogP contribution in [0.3, 0.4) is 0 Å². The number of methoxy groups -OCH3 is 1. The largest absolute Gasteiger partial charge is 0.465 e. The topological polar surface area (TPSA) is 67.4 Å². The summed E-state index contributed by atoms with van der Waals surface area (Å²) in [5.74, 6) is -0.462. The fraction of sp³-hybridized carbons (Fsp3) is 0.200. The van der Waals surface area contributed by atoms with Crippen molar-refractivity contribution in [3.05, 3.63) is 52.2 Å². The predicted octanol–water partition coefficient (Wildman–Crippen LogP) is 2.26. The number of hydrogen-bond donors (Lipinski definition) is 2. The summed E-state index contributed by atoms with van der Waals surface area (Å²) < 4.78 is 4.62. The lowest BCUT2D eigenvalue weighted by Gasteiger charge is -2.07. The highest BCUT2D eigenvalue weighted by molar-refractivity contribution is 7.09. The second-order valence-corrected chi connectivity index (χ2v) is 5.31. The van der Waals surface area contributed by atoms with Crippen LogP contribution in [0.15, 0.2) is 41.8 Å². The maximum absolute atomic E-state index is 11.7. The van der Waals surface area contributed by atoms with Gasteiger partial charge in [0, 0.05) is 10.6 Å². The molecule has 1 aromatic heterocycles. The molecule has 0 saturated heterocycles. The molecule has 1 aromatic carbocycles. The van der Waals surface area contributed by atoms with Crippen molar-refractivity contribution in [2.75, 3.05) is 19.0 Å². The van der Waals surface area contributed by atoms with E-state index >= 15 is 0 Å². The molecule has 21 heavy (non-hydrogen) atoms. The number of anilines is 1. The fourth-order valence-corrected chi connectivity index (χ4v) is 2.33. The Morgan fingerprint density at radius 1 is 1.19 bits per heavy atom. The molecule has 5 nitrogen and oxygen atoms in total. The van der Waals surface area contributed by atoms with Gasteiger partial charge >= 0.3 is 5.97 Å². The first kappa shape index (κ1) is 15.1. The number of hydrogen-bond acceptors (Lipinski definition) is 5. The summed E-state index contributed by atoms with van der Waals surface area (Å²) in [4.78, 5) is 24.1. The highest BCUT2D eigenvalue weighted by Gasteiger charge is 2.05. The molecule has 0 atom stereocenters. The van der Waals surface area contributed by atoms with Crippen molar-refractivity contribution in [3.63, 3.8) is 0 Å². The normalized spacial score (nSPS) is 9.95. The molecule has 0 unspecified atom stereocenters. The molecule has 2 N–H and O–H groups in total. The number of benzene rings is 1. The summed E-state index contributed by atoms with van der Waals surface area (Å²) in [6.45, 7) is 0.725. The molecule has 6 heteroatoms. The number of carbonyl (C=O) groups excluding carboxylic acids is 2. The van der Waals surface area contributed by atoms with Gasteiger partial charge in [-0.1, -0.05) is 6.07 Å². The molecule has 0 bridgehead atoms. The Hall–Kier alpha value is -2.34. The highest BCUT2D eigenvalue weighted by atomic mass is 32.1. The van der Waals surface area contributed by atoms with E-state index in [0.29, 0.717) is 12.1 Å². The van der Waals surface area contributed by atoms with Crippen LogP contribution in [-0.2, 0) is 16.1 Å². The summed E-state index contributed by atoms with van der Waals surface area (Å²) >= 11 is 1.61. The average Bonchev–Trinajstić information content (AvgIpc) is 3.04. The summed E-state index contributed by atoms with van der Waals surface area (Å²) in [5, 5.41) is 7.80. The van der Waals surface area contributed by atoms with E-state index in [-0.39, 0.29) is 18.4 Å². The standard InChI is InChI=1S/C15H16N2O3S/c1-20-15(19)11-4-6-12(7-5-11)16-10-14(18)17-9-13-3-2-8-21-13/h2-8,16H,9-10H2,1H3,(H,17,18). The van der Waals surface area contributed by atoms with E-state index in [2.05, 4.69) is 15.4 Å². The Bertz CT molecular complexity index is 594. The summed E-state index contributed by atoms with van der Waals surface area (Å²) in [7, 11) is 1.34. The molecule has 0 saturated carbocycles. The van der Waals surface area contributed by atoms with Gasteiger partial charge in [0.05, 0.1) is 25.8 Å². The van der Waals surface area contributed by atoms with Crippen molar-refractivity contribution >= 4 is 28.9 Å². The first-order valence-electron chi connectivity index (χ1n) is 6.40. The van der Waals surface area contributed by atoms with E-state index in [0.717, 1.165) is 10.6 Å². The zero-order chi connectivity index (χ0) is 15.1. The van der Waals surface area contributed by atoms with Crippen LogP contribution in [0.4, 0.5) is 5.69 Å². The van der Waals surface area contributed by atoms with Gasteiger partial charge in [0.1, 0.15) is 0 Å². The minimum absolute atomic E-state index is 0.0829. The monoisotopic (exact) mass is 304 g/mol. The van der Waals surface area contributed by atoms with Gasteiger partial charge < -0.3 is 15.4 Å². The number of esters is 1. The first-order valence-corrected chi connectivity index (χ1v) is 7.28. The summed E-state index contributed by atoms with van der Waals surface area (Å²) in [6, 6.07) is 10.7. The molecule has 2 rings (SSSR count). The number of nitrogens with one attached hydrogen (secondary N) is 2. The quantitative estimate of drug-likeness (QED) is 0.803. The Morgan fingerprint density at radius 2 is 1.95 bits per heavy atom. The van der Waals surface area contributed by atoms with Crippen LogP contribution < -0.4 is 10.6 Å². The van der Waals surface area contributed by atoms with E-state index in [1.54, 1.807) is 35.6 Å². The van der Waals surface area contributed by atoms with Crippen molar-refractivity contribution in [2.24, 2.45) is 0 Å². The van der Waals surface area contributed by atoms with Crippen LogP contribution in [-0.4, -0.2) is 25.5 Å². The second kappa shape index (κ2) is 7.44. The molecule has 2 aromatic rings. The summed E-state index contributed by atoms with van der Waals surface area (Å²) in [5.41, 5.74) is 1.25. The molecule has 1 heterocycles. The Labute approximate surface area is 126 Å². The van der Waals surface area contributed by atoms with Crippen molar-refractivity contribution in [3.8, 4) is 0 Å². The van der Waals surface area contributed by atoms with Gasteiger partial charge in [-0.15, -0.1) is 11.3 Å². The molecular formula is C15H16N2O3S. The number of amides is 1. The van der Waals surface area contributed by atoms with Crippen LogP contribution in [0.25, 0.3) is 0 Å². The minimum Gasteiger partial charge on any atom is -0.465 e. The third-order valence-corrected chi connectivity index (χ3v) is 3.68. The number of carbonyl (C=O) groups is 2. The first-order chi connectivity index (χ1) is 10.2. The lowest BCUT2D eigenvalue weighted by atomic mass is 10.2. The highest BCUT2D eigenvalue weighted by Crippen LogP contribution is 2.10. The van der Waals surface area contributed by atoms with Crippen LogP contribution in [0.1, 0.15) is 15.2 Å². The van der Waals surface area contributed by atoms with Crippen LogP contribution in [0, 0.1) is 0 Å². The average molecular weight is 304 g/mol. The third-order valence-electron chi connectivity index (χ3n) is 2.80. The van der Waals surface area contributed by atoms with Crippen LogP contribution in [0.5, 0.6) is 0 Å². The molecule has 110 valence electrons. The minimum atomic E-state index is -0.379. The third kappa shape index (κ3) is 4.61.